The standard InChI is InChI=1S/C16H17FN2O/c1-11-3-2-4-15(7-11)20-16-12(8-13(17)10-19-16)9-18-14-5-6-14/h2-4,7-8,10,14,18H,5-6,9H2,1H3. The SMILES string of the molecule is Cc1cccc(Oc2ncc(F)cc2CNC2CC2)c1. The quantitative estimate of drug-likeness (QED) is 0.903. The van der Waals surface area contributed by atoms with Crippen LogP contribution in [0, 0.1) is 12.7 Å². The molecule has 1 aliphatic rings. The Morgan fingerprint density at radius 2 is 2.20 bits per heavy atom. The molecule has 0 atom stereocenters. The molecule has 3 nitrogen and oxygen atoms in total. The fourth-order valence-corrected chi connectivity index (χ4v) is 2.02. The van der Waals surface area contributed by atoms with Crippen molar-refractivity contribution in [3.05, 3.63) is 53.5 Å². The highest BCUT2D eigenvalue weighted by molar-refractivity contribution is 5.34. The lowest BCUT2D eigenvalue weighted by atomic mass is 10.2. The Balaban J connectivity index is 1.79. The molecule has 0 saturated heterocycles. The van der Waals surface area contributed by atoms with Gasteiger partial charge in [-0.25, -0.2) is 9.37 Å². The highest BCUT2D eigenvalue weighted by Gasteiger charge is 2.21. The van der Waals surface area contributed by atoms with Crippen LogP contribution in [0.4, 0.5) is 4.39 Å². The van der Waals surface area contributed by atoms with Crippen molar-refractivity contribution in [1.29, 1.82) is 0 Å². The lowest BCUT2D eigenvalue weighted by Crippen LogP contribution is -2.16. The van der Waals surface area contributed by atoms with Gasteiger partial charge in [0.25, 0.3) is 0 Å². The predicted octanol–water partition coefficient (Wildman–Crippen LogP) is 3.57. The first-order valence-electron chi connectivity index (χ1n) is 6.83. The summed E-state index contributed by atoms with van der Waals surface area (Å²) >= 11 is 0. The van der Waals surface area contributed by atoms with Gasteiger partial charge in [0, 0.05) is 18.2 Å². The molecule has 1 aromatic heterocycles. The molecule has 0 amide bonds. The van der Waals surface area contributed by atoms with Gasteiger partial charge >= 0.3 is 0 Å². The molecule has 0 spiro atoms. The molecule has 0 bridgehead atoms. The molecule has 104 valence electrons. The number of hydrogen-bond acceptors (Lipinski definition) is 3. The third-order valence-corrected chi connectivity index (χ3v) is 3.25. The van der Waals surface area contributed by atoms with Crippen molar-refractivity contribution >= 4 is 0 Å². The molecular formula is C16H17FN2O. The summed E-state index contributed by atoms with van der Waals surface area (Å²) in [7, 11) is 0. The second kappa shape index (κ2) is 5.59. The first-order chi connectivity index (χ1) is 9.70. The van der Waals surface area contributed by atoms with E-state index in [0.717, 1.165) is 16.9 Å². The summed E-state index contributed by atoms with van der Waals surface area (Å²) < 4.78 is 19.1. The Kier molecular flexibility index (Phi) is 3.65. The van der Waals surface area contributed by atoms with Crippen LogP contribution < -0.4 is 10.1 Å². The third kappa shape index (κ3) is 3.33. The van der Waals surface area contributed by atoms with Crippen LogP contribution in [0.1, 0.15) is 24.0 Å². The Morgan fingerprint density at radius 3 is 2.95 bits per heavy atom. The van der Waals surface area contributed by atoms with Crippen molar-refractivity contribution in [2.45, 2.75) is 32.4 Å². The number of aryl methyl sites for hydroxylation is 1. The Hall–Kier alpha value is -1.94. The molecule has 2 aromatic rings. The summed E-state index contributed by atoms with van der Waals surface area (Å²) in [5.74, 6) is 0.844. The van der Waals surface area contributed by atoms with E-state index in [0.29, 0.717) is 18.5 Å². The lowest BCUT2D eigenvalue weighted by Gasteiger charge is -2.11. The topological polar surface area (TPSA) is 34.1 Å². The van der Waals surface area contributed by atoms with Crippen molar-refractivity contribution in [2.75, 3.05) is 0 Å². The summed E-state index contributed by atoms with van der Waals surface area (Å²) in [5.41, 5.74) is 1.86. The molecule has 1 N–H and O–H groups in total. The zero-order chi connectivity index (χ0) is 13.9. The van der Waals surface area contributed by atoms with E-state index in [1.807, 2.05) is 31.2 Å². The number of aromatic nitrogens is 1. The van der Waals surface area contributed by atoms with Gasteiger partial charge in [-0.3, -0.25) is 0 Å². The monoisotopic (exact) mass is 272 g/mol. The first-order valence-corrected chi connectivity index (χ1v) is 6.83. The number of hydrogen-bond donors (Lipinski definition) is 1. The van der Waals surface area contributed by atoms with Crippen LogP contribution in [0.3, 0.4) is 0 Å². The number of halogens is 1. The van der Waals surface area contributed by atoms with E-state index < -0.39 is 0 Å². The van der Waals surface area contributed by atoms with E-state index in [9.17, 15) is 4.39 Å². The van der Waals surface area contributed by atoms with Gasteiger partial charge in [-0.15, -0.1) is 0 Å². The summed E-state index contributed by atoms with van der Waals surface area (Å²) in [6.45, 7) is 2.58. The van der Waals surface area contributed by atoms with Crippen LogP contribution in [-0.4, -0.2) is 11.0 Å². The zero-order valence-electron chi connectivity index (χ0n) is 11.4. The third-order valence-electron chi connectivity index (χ3n) is 3.25. The molecule has 4 heteroatoms. The molecule has 1 heterocycles. The van der Waals surface area contributed by atoms with Crippen molar-refractivity contribution < 1.29 is 9.13 Å². The minimum absolute atomic E-state index is 0.339. The normalized spacial score (nSPS) is 14.3. The highest BCUT2D eigenvalue weighted by Crippen LogP contribution is 2.26. The number of ether oxygens (including phenoxy) is 1. The average molecular weight is 272 g/mol. The molecule has 1 aromatic carbocycles. The van der Waals surface area contributed by atoms with E-state index in [1.165, 1.54) is 25.1 Å². The van der Waals surface area contributed by atoms with Gasteiger partial charge in [-0.05, 0) is 43.5 Å². The van der Waals surface area contributed by atoms with Crippen LogP contribution in [0.25, 0.3) is 0 Å². The van der Waals surface area contributed by atoms with Crippen LogP contribution in [0.2, 0.25) is 0 Å². The molecule has 1 fully saturated rings. The number of pyridine rings is 1. The largest absolute Gasteiger partial charge is 0.439 e. The van der Waals surface area contributed by atoms with Crippen LogP contribution >= 0.6 is 0 Å². The van der Waals surface area contributed by atoms with Crippen molar-refractivity contribution in [1.82, 2.24) is 10.3 Å². The summed E-state index contributed by atoms with van der Waals surface area (Å²) in [4.78, 5) is 4.06. The fraction of sp³-hybridized carbons (Fsp3) is 0.312. The van der Waals surface area contributed by atoms with E-state index in [1.54, 1.807) is 0 Å². The summed E-state index contributed by atoms with van der Waals surface area (Å²) in [5, 5.41) is 3.35. The summed E-state index contributed by atoms with van der Waals surface area (Å²) in [6, 6.07) is 9.77. The number of benzene rings is 1. The zero-order valence-corrected chi connectivity index (χ0v) is 11.4. The van der Waals surface area contributed by atoms with Crippen molar-refractivity contribution in [3.8, 4) is 11.6 Å². The number of rotatable bonds is 5. The molecule has 1 saturated carbocycles. The summed E-state index contributed by atoms with van der Waals surface area (Å²) in [6.07, 6.45) is 3.57. The number of nitrogens with one attached hydrogen (secondary N) is 1. The first kappa shape index (κ1) is 13.1. The Labute approximate surface area is 117 Å². The molecular weight excluding hydrogens is 255 g/mol. The molecule has 1 aliphatic carbocycles. The predicted molar refractivity (Wildman–Crippen MR) is 75.3 cm³/mol. The van der Waals surface area contributed by atoms with Gasteiger partial charge in [-0.1, -0.05) is 12.1 Å². The highest BCUT2D eigenvalue weighted by atomic mass is 19.1. The minimum Gasteiger partial charge on any atom is -0.439 e. The number of nitrogens with zero attached hydrogens (tertiary/aromatic N) is 1. The van der Waals surface area contributed by atoms with E-state index in [2.05, 4.69) is 10.3 Å². The van der Waals surface area contributed by atoms with Crippen LogP contribution in [0.15, 0.2) is 36.5 Å². The molecule has 3 rings (SSSR count). The fourth-order valence-electron chi connectivity index (χ4n) is 2.02. The maximum Gasteiger partial charge on any atom is 0.223 e. The Morgan fingerprint density at radius 1 is 1.35 bits per heavy atom. The van der Waals surface area contributed by atoms with E-state index in [-0.39, 0.29) is 5.82 Å². The average Bonchev–Trinajstić information content (AvgIpc) is 3.23. The smallest absolute Gasteiger partial charge is 0.223 e. The van der Waals surface area contributed by atoms with Crippen molar-refractivity contribution in [3.63, 3.8) is 0 Å². The molecule has 0 radical (unpaired) electrons. The van der Waals surface area contributed by atoms with Gasteiger partial charge in [0.15, 0.2) is 0 Å². The minimum atomic E-state index is -0.339. The second-order valence-electron chi connectivity index (χ2n) is 5.19. The van der Waals surface area contributed by atoms with Gasteiger partial charge < -0.3 is 10.1 Å². The van der Waals surface area contributed by atoms with Gasteiger partial charge in [0.2, 0.25) is 5.88 Å². The van der Waals surface area contributed by atoms with E-state index in [4.69, 9.17) is 4.74 Å². The lowest BCUT2D eigenvalue weighted by molar-refractivity contribution is 0.448. The maximum atomic E-state index is 13.3. The Bertz CT molecular complexity index is 611. The van der Waals surface area contributed by atoms with Crippen LogP contribution in [0.5, 0.6) is 11.6 Å². The molecule has 0 unspecified atom stereocenters. The molecule has 20 heavy (non-hydrogen) atoms. The van der Waals surface area contributed by atoms with E-state index >= 15 is 0 Å². The van der Waals surface area contributed by atoms with Gasteiger partial charge in [-0.2, -0.15) is 0 Å². The van der Waals surface area contributed by atoms with Crippen molar-refractivity contribution in [2.24, 2.45) is 0 Å². The second-order valence-corrected chi connectivity index (χ2v) is 5.19. The maximum absolute atomic E-state index is 13.3. The molecule has 0 aliphatic heterocycles. The van der Waals surface area contributed by atoms with Crippen LogP contribution in [-0.2, 0) is 6.54 Å². The van der Waals surface area contributed by atoms with Gasteiger partial charge in [0.1, 0.15) is 11.6 Å². The van der Waals surface area contributed by atoms with Gasteiger partial charge in [0.05, 0.1) is 6.20 Å².